The third-order valence-corrected chi connectivity index (χ3v) is 8.70. The molecule has 11 heteroatoms. The molecule has 0 fully saturated rings. The Hall–Kier alpha value is -2.59. The zero-order valence-electron chi connectivity index (χ0n) is 21.8. The van der Waals surface area contributed by atoms with Gasteiger partial charge in [0.15, 0.2) is 0 Å². The van der Waals surface area contributed by atoms with Gasteiger partial charge in [0.05, 0.1) is 10.6 Å². The molecule has 3 aromatic carbocycles. The van der Waals surface area contributed by atoms with E-state index in [-0.39, 0.29) is 29.0 Å². The van der Waals surface area contributed by atoms with Gasteiger partial charge in [-0.3, -0.25) is 13.9 Å². The molecule has 2 amide bonds. The molecule has 1 atom stereocenters. The highest BCUT2D eigenvalue weighted by Crippen LogP contribution is 2.27. The van der Waals surface area contributed by atoms with Crippen molar-refractivity contribution in [3.63, 3.8) is 0 Å². The van der Waals surface area contributed by atoms with Crippen molar-refractivity contribution >= 4 is 66.7 Å². The Morgan fingerprint density at radius 2 is 1.56 bits per heavy atom. The topological polar surface area (TPSA) is 86.8 Å². The number of rotatable bonds is 11. The average molecular weight is 655 g/mol. The zero-order chi connectivity index (χ0) is 28.7. The highest BCUT2D eigenvalue weighted by atomic mass is 79.9. The van der Waals surface area contributed by atoms with Crippen molar-refractivity contribution in [1.29, 1.82) is 0 Å². The lowest BCUT2D eigenvalue weighted by molar-refractivity contribution is -0.139. The number of nitrogens with zero attached hydrogens (tertiary/aromatic N) is 2. The number of carbonyl (C=O) groups is 2. The van der Waals surface area contributed by atoms with E-state index in [1.165, 1.54) is 35.2 Å². The third kappa shape index (κ3) is 8.45. The Morgan fingerprint density at radius 3 is 2.15 bits per heavy atom. The first-order valence-electron chi connectivity index (χ1n) is 12.2. The number of anilines is 1. The second kappa shape index (κ2) is 13.7. The quantitative estimate of drug-likeness (QED) is 0.269. The van der Waals surface area contributed by atoms with Crippen LogP contribution in [0, 0.1) is 5.92 Å². The molecular formula is C28H30BrCl2N3O4S. The molecule has 0 spiro atoms. The summed E-state index contributed by atoms with van der Waals surface area (Å²) in [4.78, 5) is 28.2. The van der Waals surface area contributed by atoms with Crippen molar-refractivity contribution in [3.8, 4) is 0 Å². The highest BCUT2D eigenvalue weighted by molar-refractivity contribution is 9.10. The van der Waals surface area contributed by atoms with Gasteiger partial charge in [0.2, 0.25) is 11.8 Å². The molecule has 208 valence electrons. The van der Waals surface area contributed by atoms with Crippen molar-refractivity contribution < 1.29 is 18.0 Å². The summed E-state index contributed by atoms with van der Waals surface area (Å²) >= 11 is 15.6. The molecular weight excluding hydrogens is 625 g/mol. The Bertz CT molecular complexity index is 1400. The fraction of sp³-hybridized carbons (Fsp3) is 0.286. The van der Waals surface area contributed by atoms with Crippen LogP contribution in [-0.2, 0) is 26.2 Å². The van der Waals surface area contributed by atoms with Crippen LogP contribution < -0.4 is 9.62 Å². The van der Waals surface area contributed by atoms with Crippen molar-refractivity contribution in [2.75, 3.05) is 17.4 Å². The summed E-state index contributed by atoms with van der Waals surface area (Å²) in [6.45, 7) is 5.57. The van der Waals surface area contributed by atoms with Crippen LogP contribution in [0.5, 0.6) is 0 Å². The normalized spacial score (nSPS) is 12.2. The summed E-state index contributed by atoms with van der Waals surface area (Å²) in [5, 5.41) is 3.55. The molecule has 1 unspecified atom stereocenters. The summed E-state index contributed by atoms with van der Waals surface area (Å²) in [6.07, 6.45) is 0. The largest absolute Gasteiger partial charge is 0.354 e. The van der Waals surface area contributed by atoms with E-state index in [1.54, 1.807) is 25.1 Å². The molecule has 7 nitrogen and oxygen atoms in total. The molecule has 0 saturated carbocycles. The SMILES string of the molecule is CC(C)CNC(=O)C(C)N(Cc1ccc(Br)cc1)C(=O)CN(c1cccc(Cl)c1)S(=O)(=O)c1ccc(Cl)cc1. The van der Waals surface area contributed by atoms with Gasteiger partial charge in [0.25, 0.3) is 10.0 Å². The molecule has 39 heavy (non-hydrogen) atoms. The number of carbonyl (C=O) groups excluding carboxylic acids is 2. The second-order valence-electron chi connectivity index (χ2n) is 9.41. The van der Waals surface area contributed by atoms with Gasteiger partial charge in [-0.05, 0) is 73.0 Å². The number of sulfonamides is 1. The summed E-state index contributed by atoms with van der Waals surface area (Å²) < 4.78 is 29.4. The first-order chi connectivity index (χ1) is 18.4. The Kier molecular flexibility index (Phi) is 10.8. The standard InChI is InChI=1S/C28H30BrCl2N3O4S/c1-19(2)16-32-28(36)20(3)33(17-21-7-9-22(29)10-8-21)27(35)18-34(25-6-4-5-24(31)15-25)39(37,38)26-13-11-23(30)12-14-26/h4-15,19-20H,16-18H2,1-3H3,(H,32,36). The maximum Gasteiger partial charge on any atom is 0.264 e. The molecule has 3 aromatic rings. The highest BCUT2D eigenvalue weighted by Gasteiger charge is 2.32. The molecule has 0 aliphatic rings. The fourth-order valence-corrected chi connectivity index (χ4v) is 5.70. The summed E-state index contributed by atoms with van der Waals surface area (Å²) in [5.74, 6) is -0.661. The number of amides is 2. The molecule has 0 bridgehead atoms. The van der Waals surface area contributed by atoms with E-state index < -0.39 is 28.5 Å². The first kappa shape index (κ1) is 30.9. The predicted octanol–water partition coefficient (Wildman–Crippen LogP) is 6.14. The van der Waals surface area contributed by atoms with Gasteiger partial charge < -0.3 is 10.2 Å². The lowest BCUT2D eigenvalue weighted by Crippen LogP contribution is -2.51. The summed E-state index contributed by atoms with van der Waals surface area (Å²) in [6, 6.07) is 18.4. The van der Waals surface area contributed by atoms with Crippen LogP contribution in [0.25, 0.3) is 0 Å². The van der Waals surface area contributed by atoms with Gasteiger partial charge >= 0.3 is 0 Å². The van der Waals surface area contributed by atoms with Crippen LogP contribution in [0.1, 0.15) is 26.3 Å². The monoisotopic (exact) mass is 653 g/mol. The lowest BCUT2D eigenvalue weighted by atomic mass is 10.1. The number of halogens is 3. The van der Waals surface area contributed by atoms with Crippen molar-refractivity contribution in [3.05, 3.63) is 92.9 Å². The average Bonchev–Trinajstić information content (AvgIpc) is 2.89. The van der Waals surface area contributed by atoms with E-state index in [1.807, 2.05) is 38.1 Å². The smallest absolute Gasteiger partial charge is 0.264 e. The lowest BCUT2D eigenvalue weighted by Gasteiger charge is -2.32. The van der Waals surface area contributed by atoms with Crippen molar-refractivity contribution in [2.24, 2.45) is 5.92 Å². The summed E-state index contributed by atoms with van der Waals surface area (Å²) in [7, 11) is -4.20. The first-order valence-corrected chi connectivity index (χ1v) is 15.2. The van der Waals surface area contributed by atoms with Gasteiger partial charge in [-0.25, -0.2) is 8.42 Å². The molecule has 0 radical (unpaired) electrons. The maximum atomic E-state index is 13.9. The molecule has 1 N–H and O–H groups in total. The van der Waals surface area contributed by atoms with Gasteiger partial charge in [-0.2, -0.15) is 0 Å². The van der Waals surface area contributed by atoms with Crippen LogP contribution in [0.15, 0.2) is 82.2 Å². The fourth-order valence-electron chi connectivity index (χ4n) is 3.72. The Morgan fingerprint density at radius 1 is 0.923 bits per heavy atom. The number of benzene rings is 3. The number of hydrogen-bond acceptors (Lipinski definition) is 4. The molecule has 0 aliphatic carbocycles. The maximum absolute atomic E-state index is 13.9. The minimum atomic E-state index is -4.20. The van der Waals surface area contributed by atoms with Crippen LogP contribution in [0.4, 0.5) is 5.69 Å². The van der Waals surface area contributed by atoms with Crippen LogP contribution in [-0.4, -0.2) is 44.3 Å². The minimum Gasteiger partial charge on any atom is -0.354 e. The van der Waals surface area contributed by atoms with E-state index in [2.05, 4.69) is 21.2 Å². The van der Waals surface area contributed by atoms with E-state index in [0.29, 0.717) is 16.6 Å². The third-order valence-electron chi connectivity index (χ3n) is 5.89. The van der Waals surface area contributed by atoms with Gasteiger partial charge in [-0.15, -0.1) is 0 Å². The second-order valence-corrected chi connectivity index (χ2v) is 13.1. The Labute approximate surface area is 248 Å². The van der Waals surface area contributed by atoms with Crippen molar-refractivity contribution in [2.45, 2.75) is 38.3 Å². The molecule has 3 rings (SSSR count). The molecule has 0 aromatic heterocycles. The Balaban J connectivity index is 2.01. The van der Waals surface area contributed by atoms with E-state index in [9.17, 15) is 18.0 Å². The van der Waals surface area contributed by atoms with Crippen LogP contribution >= 0.6 is 39.1 Å². The zero-order valence-corrected chi connectivity index (χ0v) is 25.7. The van der Waals surface area contributed by atoms with Gasteiger partial charge in [0.1, 0.15) is 12.6 Å². The van der Waals surface area contributed by atoms with Gasteiger partial charge in [0, 0.05) is 27.6 Å². The summed E-state index contributed by atoms with van der Waals surface area (Å²) in [5.41, 5.74) is 0.997. The molecule has 0 heterocycles. The van der Waals surface area contributed by atoms with E-state index in [4.69, 9.17) is 23.2 Å². The van der Waals surface area contributed by atoms with Crippen LogP contribution in [0.3, 0.4) is 0 Å². The minimum absolute atomic E-state index is 0.0399. The molecule has 0 aliphatic heterocycles. The van der Waals surface area contributed by atoms with Gasteiger partial charge in [-0.1, -0.05) is 71.2 Å². The predicted molar refractivity (Wildman–Crippen MR) is 159 cm³/mol. The number of hydrogen-bond donors (Lipinski definition) is 1. The van der Waals surface area contributed by atoms with E-state index >= 15 is 0 Å². The number of nitrogens with one attached hydrogen (secondary N) is 1. The van der Waals surface area contributed by atoms with Crippen molar-refractivity contribution in [1.82, 2.24) is 10.2 Å². The van der Waals surface area contributed by atoms with Crippen LogP contribution in [0.2, 0.25) is 10.0 Å². The van der Waals surface area contributed by atoms with E-state index in [0.717, 1.165) is 14.3 Å². The molecule has 0 saturated heterocycles.